The molecular formula is C24H25ClN4O2S. The van der Waals surface area contributed by atoms with Crippen LogP contribution >= 0.6 is 23.4 Å². The summed E-state index contributed by atoms with van der Waals surface area (Å²) in [7, 11) is 0. The highest BCUT2D eigenvalue weighted by Crippen LogP contribution is 2.45. The van der Waals surface area contributed by atoms with Crippen molar-refractivity contribution in [1.82, 2.24) is 15.2 Å². The molecule has 0 bridgehead atoms. The molecule has 8 heteroatoms. The highest BCUT2D eigenvalue weighted by molar-refractivity contribution is 7.99. The number of aryl methyl sites for hydroxylation is 2. The lowest BCUT2D eigenvalue weighted by molar-refractivity contribution is -0.118. The van der Waals surface area contributed by atoms with Crippen molar-refractivity contribution in [3.63, 3.8) is 0 Å². The van der Waals surface area contributed by atoms with Crippen molar-refractivity contribution in [3.05, 3.63) is 58.1 Å². The number of aromatic nitrogens is 3. The first-order valence-corrected chi connectivity index (χ1v) is 12.0. The van der Waals surface area contributed by atoms with E-state index in [1.165, 1.54) is 6.92 Å². The maximum absolute atomic E-state index is 13.0. The Morgan fingerprint density at radius 1 is 1.19 bits per heavy atom. The molecule has 0 saturated carbocycles. The molecule has 0 spiro atoms. The number of rotatable bonds is 5. The van der Waals surface area contributed by atoms with E-state index in [1.54, 1.807) is 28.8 Å². The van der Waals surface area contributed by atoms with Crippen molar-refractivity contribution in [2.75, 3.05) is 10.7 Å². The lowest BCUT2D eigenvalue weighted by atomic mass is 10.00. The van der Waals surface area contributed by atoms with Crippen molar-refractivity contribution in [2.45, 2.75) is 51.9 Å². The fraction of sp³-hybridized carbons (Fsp3) is 0.333. The molecule has 166 valence electrons. The molecule has 1 aliphatic heterocycles. The number of unbranched alkanes of at least 4 members (excludes halogenated alkanes) is 1. The van der Waals surface area contributed by atoms with Crippen LogP contribution in [-0.2, 0) is 4.79 Å². The molecule has 1 atom stereocenters. The molecule has 2 heterocycles. The molecule has 0 fully saturated rings. The molecule has 0 unspecified atom stereocenters. The number of halogens is 1. The number of benzene rings is 2. The predicted octanol–water partition coefficient (Wildman–Crippen LogP) is 6.15. The highest BCUT2D eigenvalue weighted by atomic mass is 35.5. The monoisotopic (exact) mass is 468 g/mol. The minimum atomic E-state index is -0.712. The van der Waals surface area contributed by atoms with Gasteiger partial charge in [-0.3, -0.25) is 9.69 Å². The standard InChI is InChI=1S/C24H25ClN4O2S/c1-5-6-11-32-24-26-22-20(27-28-24)19-13-14(2)12-15(3)21(19)29(16(4)30)23(31-22)17-7-9-18(25)10-8-17/h7-10,12-13,23H,5-6,11H2,1-4H3/t23-/m1/s1. The Balaban J connectivity index is 1.92. The number of carbonyl (C=O) groups is 1. The average Bonchev–Trinajstić information content (AvgIpc) is 2.89. The zero-order valence-corrected chi connectivity index (χ0v) is 20.1. The first kappa shape index (κ1) is 22.6. The van der Waals surface area contributed by atoms with Gasteiger partial charge in [-0.1, -0.05) is 60.5 Å². The normalized spacial score (nSPS) is 14.9. The first-order chi connectivity index (χ1) is 15.4. The van der Waals surface area contributed by atoms with Gasteiger partial charge in [0.05, 0.1) is 5.69 Å². The highest BCUT2D eigenvalue weighted by Gasteiger charge is 2.35. The van der Waals surface area contributed by atoms with E-state index in [0.717, 1.165) is 46.5 Å². The largest absolute Gasteiger partial charge is 0.447 e. The van der Waals surface area contributed by atoms with Gasteiger partial charge in [0.1, 0.15) is 0 Å². The van der Waals surface area contributed by atoms with Crippen LogP contribution in [0.1, 0.15) is 49.6 Å². The average molecular weight is 469 g/mol. The molecule has 1 aliphatic rings. The van der Waals surface area contributed by atoms with E-state index in [9.17, 15) is 4.79 Å². The minimum Gasteiger partial charge on any atom is -0.447 e. The fourth-order valence-corrected chi connectivity index (χ4v) is 4.81. The molecule has 1 aromatic heterocycles. The van der Waals surface area contributed by atoms with E-state index in [2.05, 4.69) is 23.2 Å². The quantitative estimate of drug-likeness (QED) is 0.330. The SMILES string of the molecule is CCCCSc1nnc2c(n1)O[C@H](c1ccc(Cl)cc1)N(C(C)=O)c1c(C)cc(C)cc1-2. The van der Waals surface area contributed by atoms with E-state index in [0.29, 0.717) is 21.8 Å². The van der Waals surface area contributed by atoms with Gasteiger partial charge in [0, 0.05) is 28.8 Å². The van der Waals surface area contributed by atoms with Gasteiger partial charge in [0.2, 0.25) is 23.2 Å². The van der Waals surface area contributed by atoms with Crippen molar-refractivity contribution in [3.8, 4) is 17.1 Å². The second-order valence-corrected chi connectivity index (χ2v) is 9.34. The smallest absolute Gasteiger partial charge is 0.247 e. The number of nitrogens with zero attached hydrogens (tertiary/aromatic N) is 4. The van der Waals surface area contributed by atoms with Crippen molar-refractivity contribution >= 4 is 35.0 Å². The maximum Gasteiger partial charge on any atom is 0.247 e. The third kappa shape index (κ3) is 4.45. The molecule has 0 N–H and O–H groups in total. The molecule has 1 amide bonds. The summed E-state index contributed by atoms with van der Waals surface area (Å²) >= 11 is 7.67. The number of amides is 1. The van der Waals surface area contributed by atoms with Gasteiger partial charge in [-0.2, -0.15) is 4.98 Å². The van der Waals surface area contributed by atoms with Crippen LogP contribution in [0.3, 0.4) is 0 Å². The Hall–Kier alpha value is -2.64. The fourth-order valence-electron chi connectivity index (χ4n) is 3.82. The van der Waals surface area contributed by atoms with Gasteiger partial charge >= 0.3 is 0 Å². The van der Waals surface area contributed by atoms with E-state index < -0.39 is 6.23 Å². The summed E-state index contributed by atoms with van der Waals surface area (Å²) in [5.41, 5.74) is 4.88. The zero-order valence-electron chi connectivity index (χ0n) is 18.6. The Kier molecular flexibility index (Phi) is 6.67. The van der Waals surface area contributed by atoms with Crippen molar-refractivity contribution in [1.29, 1.82) is 0 Å². The van der Waals surface area contributed by atoms with Crippen LogP contribution in [0.25, 0.3) is 11.3 Å². The van der Waals surface area contributed by atoms with Crippen LogP contribution < -0.4 is 9.64 Å². The van der Waals surface area contributed by atoms with Crippen LogP contribution in [0.4, 0.5) is 5.69 Å². The zero-order chi connectivity index (χ0) is 22.8. The van der Waals surface area contributed by atoms with Crippen LogP contribution in [0, 0.1) is 13.8 Å². The Morgan fingerprint density at radius 3 is 2.62 bits per heavy atom. The summed E-state index contributed by atoms with van der Waals surface area (Å²) in [4.78, 5) is 19.3. The van der Waals surface area contributed by atoms with Crippen molar-refractivity contribution < 1.29 is 9.53 Å². The van der Waals surface area contributed by atoms with Crippen molar-refractivity contribution in [2.24, 2.45) is 0 Å². The topological polar surface area (TPSA) is 68.2 Å². The summed E-state index contributed by atoms with van der Waals surface area (Å²) in [5.74, 6) is 1.14. The number of fused-ring (bicyclic) bond motifs is 3. The minimum absolute atomic E-state index is 0.142. The number of hydrogen-bond acceptors (Lipinski definition) is 6. The number of hydrogen-bond donors (Lipinski definition) is 0. The lowest BCUT2D eigenvalue weighted by Crippen LogP contribution is -2.36. The van der Waals surface area contributed by atoms with Crippen LogP contribution in [0.15, 0.2) is 41.6 Å². The summed E-state index contributed by atoms with van der Waals surface area (Å²) in [6.07, 6.45) is 1.45. The number of thioether (sulfide) groups is 1. The molecule has 6 nitrogen and oxygen atoms in total. The molecule has 32 heavy (non-hydrogen) atoms. The number of carbonyl (C=O) groups excluding carboxylic acids is 1. The predicted molar refractivity (Wildman–Crippen MR) is 128 cm³/mol. The number of ether oxygens (including phenoxy) is 1. The van der Waals surface area contributed by atoms with Crippen LogP contribution in [0.5, 0.6) is 5.88 Å². The first-order valence-electron chi connectivity index (χ1n) is 10.6. The van der Waals surface area contributed by atoms with E-state index in [4.69, 9.17) is 21.3 Å². The maximum atomic E-state index is 13.0. The van der Waals surface area contributed by atoms with Gasteiger partial charge in [0.25, 0.3) is 0 Å². The van der Waals surface area contributed by atoms with Gasteiger partial charge in [-0.25, -0.2) is 0 Å². The molecule has 2 aromatic carbocycles. The van der Waals surface area contributed by atoms with Gasteiger partial charge < -0.3 is 4.74 Å². The molecule has 3 aromatic rings. The Morgan fingerprint density at radius 2 is 1.94 bits per heavy atom. The second-order valence-electron chi connectivity index (χ2n) is 7.84. The van der Waals surface area contributed by atoms with E-state index in [-0.39, 0.29) is 5.91 Å². The third-order valence-corrected chi connectivity index (χ3v) is 6.43. The molecule has 0 radical (unpaired) electrons. The molecule has 0 saturated heterocycles. The Bertz CT molecular complexity index is 1150. The summed E-state index contributed by atoms with van der Waals surface area (Å²) < 4.78 is 6.42. The van der Waals surface area contributed by atoms with E-state index in [1.807, 2.05) is 32.0 Å². The van der Waals surface area contributed by atoms with Gasteiger partial charge in [-0.15, -0.1) is 10.2 Å². The van der Waals surface area contributed by atoms with Crippen LogP contribution in [-0.4, -0.2) is 26.8 Å². The van der Waals surface area contributed by atoms with E-state index >= 15 is 0 Å². The van der Waals surface area contributed by atoms with Gasteiger partial charge in [0.15, 0.2) is 5.69 Å². The second kappa shape index (κ2) is 9.46. The third-order valence-electron chi connectivity index (χ3n) is 5.26. The lowest BCUT2D eigenvalue weighted by Gasteiger charge is -2.31. The summed E-state index contributed by atoms with van der Waals surface area (Å²) in [6.45, 7) is 7.69. The molecule has 0 aliphatic carbocycles. The van der Waals surface area contributed by atoms with Crippen LogP contribution in [0.2, 0.25) is 5.02 Å². The summed E-state index contributed by atoms with van der Waals surface area (Å²) in [5, 5.41) is 10.0. The molecular weight excluding hydrogens is 444 g/mol. The number of anilines is 1. The molecule has 4 rings (SSSR count). The van der Waals surface area contributed by atoms with Gasteiger partial charge in [-0.05, 0) is 44.0 Å². The Labute approximate surface area is 197 Å². The summed E-state index contributed by atoms with van der Waals surface area (Å²) in [6, 6.07) is 11.4.